The predicted octanol–water partition coefficient (Wildman–Crippen LogP) is 2.34. The zero-order valence-corrected chi connectivity index (χ0v) is 10.8. The molecule has 2 rings (SSSR count). The summed E-state index contributed by atoms with van der Waals surface area (Å²) in [6.45, 7) is 5.58. The van der Waals surface area contributed by atoms with Gasteiger partial charge in [0.05, 0.1) is 0 Å². The van der Waals surface area contributed by atoms with E-state index < -0.39 is 0 Å². The van der Waals surface area contributed by atoms with Crippen LogP contribution in [0.25, 0.3) is 0 Å². The quantitative estimate of drug-likeness (QED) is 0.871. The third kappa shape index (κ3) is 2.85. The molecule has 0 spiro atoms. The lowest BCUT2D eigenvalue weighted by Gasteiger charge is -2.41. The van der Waals surface area contributed by atoms with Crippen LogP contribution in [0.4, 0.5) is 0 Å². The summed E-state index contributed by atoms with van der Waals surface area (Å²) in [5.74, 6) is 0. The molecule has 0 aromatic carbocycles. The van der Waals surface area contributed by atoms with Gasteiger partial charge in [0.15, 0.2) is 0 Å². The smallest absolute Gasteiger partial charge is 0.0500 e. The number of nitrogens with zero attached hydrogens (tertiary/aromatic N) is 2. The van der Waals surface area contributed by atoms with Gasteiger partial charge >= 0.3 is 0 Å². The van der Waals surface area contributed by atoms with Crippen molar-refractivity contribution in [2.75, 3.05) is 6.54 Å². The molecule has 0 saturated carbocycles. The number of aromatic nitrogens is 1. The van der Waals surface area contributed by atoms with Crippen LogP contribution in [0, 0.1) is 0 Å². The standard InChI is InChI=1S/C14H23N3/c1-11-5-3-4-10-17(11)14(12(2)15)13-6-8-16-9-7-13/h6-9,11-12,14H,3-5,10,15H2,1-2H3. The average Bonchev–Trinajstić information content (AvgIpc) is 2.33. The van der Waals surface area contributed by atoms with Gasteiger partial charge in [-0.15, -0.1) is 0 Å². The van der Waals surface area contributed by atoms with Crippen LogP contribution in [0.5, 0.6) is 0 Å². The van der Waals surface area contributed by atoms with Crippen molar-refractivity contribution < 1.29 is 0 Å². The van der Waals surface area contributed by atoms with Crippen molar-refractivity contribution in [1.29, 1.82) is 0 Å². The van der Waals surface area contributed by atoms with Gasteiger partial charge in [0.1, 0.15) is 0 Å². The lowest BCUT2D eigenvalue weighted by molar-refractivity contribution is 0.0923. The van der Waals surface area contributed by atoms with E-state index in [9.17, 15) is 0 Å². The Balaban J connectivity index is 2.22. The first-order valence-corrected chi connectivity index (χ1v) is 6.61. The maximum atomic E-state index is 6.20. The highest BCUT2D eigenvalue weighted by Crippen LogP contribution is 2.29. The van der Waals surface area contributed by atoms with E-state index in [1.807, 2.05) is 12.4 Å². The number of rotatable bonds is 3. The zero-order valence-electron chi connectivity index (χ0n) is 10.8. The number of nitrogens with two attached hydrogens (primary N) is 1. The third-order valence-electron chi connectivity index (χ3n) is 3.76. The van der Waals surface area contributed by atoms with E-state index >= 15 is 0 Å². The Labute approximate surface area is 104 Å². The molecule has 0 radical (unpaired) electrons. The SMILES string of the molecule is CC(N)C(c1ccncc1)N1CCCCC1C. The lowest BCUT2D eigenvalue weighted by Crippen LogP contribution is -2.46. The molecule has 1 saturated heterocycles. The molecule has 3 heteroatoms. The van der Waals surface area contributed by atoms with Gasteiger partial charge < -0.3 is 5.73 Å². The van der Waals surface area contributed by atoms with Gasteiger partial charge in [-0.2, -0.15) is 0 Å². The second-order valence-electron chi connectivity index (χ2n) is 5.17. The van der Waals surface area contributed by atoms with Crippen LogP contribution >= 0.6 is 0 Å². The van der Waals surface area contributed by atoms with Gasteiger partial charge in [-0.25, -0.2) is 0 Å². The summed E-state index contributed by atoms with van der Waals surface area (Å²) in [6.07, 6.45) is 7.64. The van der Waals surface area contributed by atoms with Crippen LogP contribution in [-0.4, -0.2) is 28.5 Å². The largest absolute Gasteiger partial charge is 0.326 e. The van der Waals surface area contributed by atoms with Crippen molar-refractivity contribution in [3.63, 3.8) is 0 Å². The van der Waals surface area contributed by atoms with E-state index in [-0.39, 0.29) is 6.04 Å². The molecule has 2 heterocycles. The van der Waals surface area contributed by atoms with Crippen molar-refractivity contribution in [1.82, 2.24) is 9.88 Å². The van der Waals surface area contributed by atoms with Crippen molar-refractivity contribution in [2.45, 2.75) is 51.2 Å². The van der Waals surface area contributed by atoms with Crippen LogP contribution < -0.4 is 5.73 Å². The molecular weight excluding hydrogens is 210 g/mol. The van der Waals surface area contributed by atoms with E-state index in [0.29, 0.717) is 12.1 Å². The molecule has 1 aromatic rings. The van der Waals surface area contributed by atoms with E-state index in [2.05, 4.69) is 35.9 Å². The van der Waals surface area contributed by atoms with Crippen LogP contribution in [0.3, 0.4) is 0 Å². The minimum Gasteiger partial charge on any atom is -0.326 e. The average molecular weight is 233 g/mol. The summed E-state index contributed by atoms with van der Waals surface area (Å²) < 4.78 is 0. The second kappa shape index (κ2) is 5.61. The van der Waals surface area contributed by atoms with Gasteiger partial charge in [0.25, 0.3) is 0 Å². The number of piperidine rings is 1. The maximum absolute atomic E-state index is 6.20. The summed E-state index contributed by atoms with van der Waals surface area (Å²) in [7, 11) is 0. The van der Waals surface area contributed by atoms with Gasteiger partial charge in [0, 0.05) is 30.5 Å². The fraction of sp³-hybridized carbons (Fsp3) is 0.643. The molecule has 94 valence electrons. The lowest BCUT2D eigenvalue weighted by atomic mass is 9.94. The van der Waals surface area contributed by atoms with Crippen molar-refractivity contribution >= 4 is 0 Å². The zero-order chi connectivity index (χ0) is 12.3. The molecule has 2 N–H and O–H groups in total. The Hall–Kier alpha value is -0.930. The first kappa shape index (κ1) is 12.5. The molecule has 17 heavy (non-hydrogen) atoms. The first-order chi connectivity index (χ1) is 8.20. The summed E-state index contributed by atoms with van der Waals surface area (Å²) in [4.78, 5) is 6.65. The summed E-state index contributed by atoms with van der Waals surface area (Å²) in [5, 5.41) is 0. The molecule has 1 aromatic heterocycles. The molecule has 0 bridgehead atoms. The molecule has 0 amide bonds. The fourth-order valence-corrected chi connectivity index (χ4v) is 2.89. The number of likely N-dealkylation sites (tertiary alicyclic amines) is 1. The Bertz CT molecular complexity index is 337. The second-order valence-corrected chi connectivity index (χ2v) is 5.17. The molecular formula is C14H23N3. The fourth-order valence-electron chi connectivity index (χ4n) is 2.89. The van der Waals surface area contributed by atoms with Crippen molar-refractivity contribution in [3.05, 3.63) is 30.1 Å². The highest BCUT2D eigenvalue weighted by molar-refractivity contribution is 5.17. The van der Waals surface area contributed by atoms with E-state index in [0.717, 1.165) is 6.54 Å². The third-order valence-corrected chi connectivity index (χ3v) is 3.76. The van der Waals surface area contributed by atoms with Gasteiger partial charge in [-0.1, -0.05) is 6.42 Å². The van der Waals surface area contributed by atoms with Crippen LogP contribution in [-0.2, 0) is 0 Å². The van der Waals surface area contributed by atoms with E-state index in [1.54, 1.807) is 0 Å². The van der Waals surface area contributed by atoms with Gasteiger partial charge in [-0.3, -0.25) is 9.88 Å². The molecule has 0 aliphatic carbocycles. The van der Waals surface area contributed by atoms with Crippen LogP contribution in [0.2, 0.25) is 0 Å². The summed E-state index contributed by atoms with van der Waals surface area (Å²) in [6, 6.07) is 5.30. The Morgan fingerprint density at radius 1 is 1.35 bits per heavy atom. The Kier molecular flexibility index (Phi) is 4.13. The molecule has 1 aliphatic rings. The summed E-state index contributed by atoms with van der Waals surface area (Å²) in [5.41, 5.74) is 7.49. The maximum Gasteiger partial charge on any atom is 0.0500 e. The highest BCUT2D eigenvalue weighted by Gasteiger charge is 2.29. The van der Waals surface area contributed by atoms with Gasteiger partial charge in [-0.05, 0) is 50.9 Å². The minimum absolute atomic E-state index is 0.151. The molecule has 3 atom stereocenters. The molecule has 1 fully saturated rings. The van der Waals surface area contributed by atoms with Crippen molar-refractivity contribution in [2.24, 2.45) is 5.73 Å². The molecule has 1 aliphatic heterocycles. The normalized spacial score (nSPS) is 25.5. The highest BCUT2D eigenvalue weighted by atomic mass is 15.2. The van der Waals surface area contributed by atoms with Crippen molar-refractivity contribution in [3.8, 4) is 0 Å². The van der Waals surface area contributed by atoms with Crippen LogP contribution in [0.15, 0.2) is 24.5 Å². The topological polar surface area (TPSA) is 42.1 Å². The molecule has 3 nitrogen and oxygen atoms in total. The predicted molar refractivity (Wildman–Crippen MR) is 70.6 cm³/mol. The number of hydrogen-bond acceptors (Lipinski definition) is 3. The first-order valence-electron chi connectivity index (χ1n) is 6.61. The van der Waals surface area contributed by atoms with E-state index in [1.165, 1.54) is 24.8 Å². The Morgan fingerprint density at radius 3 is 2.65 bits per heavy atom. The molecule has 3 unspecified atom stereocenters. The van der Waals surface area contributed by atoms with Crippen LogP contribution in [0.1, 0.15) is 44.7 Å². The summed E-state index contributed by atoms with van der Waals surface area (Å²) >= 11 is 0. The number of hydrogen-bond donors (Lipinski definition) is 1. The minimum atomic E-state index is 0.151. The van der Waals surface area contributed by atoms with E-state index in [4.69, 9.17) is 5.73 Å². The Morgan fingerprint density at radius 2 is 2.06 bits per heavy atom. The monoisotopic (exact) mass is 233 g/mol. The number of pyridine rings is 1. The van der Waals surface area contributed by atoms with Gasteiger partial charge in [0.2, 0.25) is 0 Å².